The number of nitrogens with one attached hydrogen (secondary N) is 1. The van der Waals surface area contributed by atoms with Gasteiger partial charge in [0, 0.05) is 19.6 Å². The molecule has 1 amide bonds. The van der Waals surface area contributed by atoms with Crippen molar-refractivity contribution in [3.8, 4) is 10.6 Å². The van der Waals surface area contributed by atoms with Crippen LogP contribution in [0.15, 0.2) is 24.4 Å². The van der Waals surface area contributed by atoms with Crippen LogP contribution < -0.4 is 21.7 Å². The number of nitrogens with two attached hydrogens (primary N) is 2. The summed E-state index contributed by atoms with van der Waals surface area (Å²) in [7, 11) is 1.68. The van der Waals surface area contributed by atoms with Crippen molar-refractivity contribution in [3.63, 3.8) is 0 Å². The van der Waals surface area contributed by atoms with Gasteiger partial charge in [0.1, 0.15) is 33.5 Å². The predicted octanol–water partition coefficient (Wildman–Crippen LogP) is 2.92. The third-order valence-electron chi connectivity index (χ3n) is 5.25. The molecule has 0 aliphatic carbocycles. The van der Waals surface area contributed by atoms with Crippen LogP contribution in [-0.2, 0) is 7.05 Å². The average Bonchev–Trinajstić information content (AvgIpc) is 3.22. The Morgan fingerprint density at radius 3 is 2.75 bits per heavy atom. The van der Waals surface area contributed by atoms with Gasteiger partial charge in [-0.25, -0.2) is 18.2 Å². The van der Waals surface area contributed by atoms with E-state index in [1.54, 1.807) is 11.9 Å². The molecule has 0 unspecified atom stereocenters. The molecule has 32 heavy (non-hydrogen) atoms. The summed E-state index contributed by atoms with van der Waals surface area (Å²) in [6, 6.07) is 3.19. The first-order valence-corrected chi connectivity index (χ1v) is 10.7. The zero-order valence-corrected chi connectivity index (χ0v) is 18.0. The van der Waals surface area contributed by atoms with Crippen molar-refractivity contribution in [1.82, 2.24) is 14.8 Å². The Hall–Kier alpha value is -3.12. The van der Waals surface area contributed by atoms with Gasteiger partial charge in [-0.1, -0.05) is 17.4 Å². The number of thiazole rings is 1. The van der Waals surface area contributed by atoms with Gasteiger partial charge in [0.2, 0.25) is 0 Å². The molecule has 0 spiro atoms. The summed E-state index contributed by atoms with van der Waals surface area (Å²) >= 11 is 0.807. The maximum Gasteiger partial charge on any atom is 0.277 e. The number of carbonyl (C=O) groups is 1. The maximum absolute atomic E-state index is 14.3. The standard InChI is InChI=1S/C20H22F3N7OS/c1-29-20(30-6-5-11(24)7-10(21)9-30)14(8-26-29)27-18(31)16-17(25)32-19(28-16)15-12(22)3-2-4-13(15)23/h2-4,8,10-11H,5-7,9,24-25H2,1H3,(H,27,31)/t10-,11+/m1/s1. The van der Waals surface area contributed by atoms with E-state index in [0.29, 0.717) is 24.5 Å². The molecule has 3 heterocycles. The summed E-state index contributed by atoms with van der Waals surface area (Å²) in [4.78, 5) is 18.7. The molecular weight excluding hydrogens is 443 g/mol. The number of nitrogen functional groups attached to an aromatic ring is 1. The molecule has 0 saturated carbocycles. The van der Waals surface area contributed by atoms with Crippen LogP contribution in [0.3, 0.4) is 0 Å². The molecule has 2 aromatic heterocycles. The fraction of sp³-hybridized carbons (Fsp3) is 0.350. The van der Waals surface area contributed by atoms with Crippen LogP contribution in [0.2, 0.25) is 0 Å². The van der Waals surface area contributed by atoms with Crippen LogP contribution in [-0.4, -0.2) is 46.0 Å². The molecule has 1 aliphatic rings. The lowest BCUT2D eigenvalue weighted by Crippen LogP contribution is -2.31. The first kappa shape index (κ1) is 22.1. The number of nitrogens with zero attached hydrogens (tertiary/aromatic N) is 4. The van der Waals surface area contributed by atoms with E-state index in [9.17, 15) is 18.0 Å². The van der Waals surface area contributed by atoms with Crippen LogP contribution in [0.5, 0.6) is 0 Å². The summed E-state index contributed by atoms with van der Waals surface area (Å²) in [6.07, 6.45) is 1.18. The number of hydrogen-bond donors (Lipinski definition) is 3. The number of hydrogen-bond acceptors (Lipinski definition) is 7. The zero-order chi connectivity index (χ0) is 23.0. The van der Waals surface area contributed by atoms with E-state index in [2.05, 4.69) is 15.4 Å². The molecule has 3 aromatic rings. The van der Waals surface area contributed by atoms with Gasteiger partial charge < -0.3 is 21.7 Å². The van der Waals surface area contributed by atoms with Crippen molar-refractivity contribution in [2.75, 3.05) is 29.0 Å². The van der Waals surface area contributed by atoms with Crippen molar-refractivity contribution in [2.24, 2.45) is 12.8 Å². The molecule has 2 atom stereocenters. The molecule has 12 heteroatoms. The van der Waals surface area contributed by atoms with E-state index in [-0.39, 0.29) is 40.3 Å². The Bertz CT molecular complexity index is 1130. The maximum atomic E-state index is 14.3. The largest absolute Gasteiger partial charge is 0.389 e. The summed E-state index contributed by atoms with van der Waals surface area (Å²) in [5, 5.41) is 6.82. The fourth-order valence-corrected chi connectivity index (χ4v) is 4.62. The van der Waals surface area contributed by atoms with Gasteiger partial charge in [-0.2, -0.15) is 5.10 Å². The third kappa shape index (κ3) is 4.28. The van der Waals surface area contributed by atoms with E-state index in [0.717, 1.165) is 23.5 Å². The fourth-order valence-electron chi connectivity index (χ4n) is 3.74. The monoisotopic (exact) mass is 465 g/mol. The summed E-state index contributed by atoms with van der Waals surface area (Å²) in [5.74, 6) is -1.76. The Balaban J connectivity index is 1.60. The second-order valence-corrected chi connectivity index (χ2v) is 8.65. The molecular formula is C20H22F3N7OS. The molecule has 8 nitrogen and oxygen atoms in total. The Labute approximate surface area is 186 Å². The van der Waals surface area contributed by atoms with E-state index >= 15 is 0 Å². The van der Waals surface area contributed by atoms with Gasteiger partial charge in [-0.05, 0) is 25.0 Å². The number of benzene rings is 1. The number of aromatic nitrogens is 3. The highest BCUT2D eigenvalue weighted by Crippen LogP contribution is 2.34. The van der Waals surface area contributed by atoms with Gasteiger partial charge >= 0.3 is 0 Å². The molecule has 0 radical (unpaired) electrons. The molecule has 1 saturated heterocycles. The van der Waals surface area contributed by atoms with Crippen molar-refractivity contribution in [3.05, 3.63) is 41.7 Å². The Kier molecular flexibility index (Phi) is 6.07. The highest BCUT2D eigenvalue weighted by molar-refractivity contribution is 7.19. The number of amides is 1. The van der Waals surface area contributed by atoms with Crippen LogP contribution in [0.4, 0.5) is 29.7 Å². The molecule has 0 bridgehead atoms. The number of halogens is 3. The topological polar surface area (TPSA) is 115 Å². The van der Waals surface area contributed by atoms with Crippen molar-refractivity contribution in [2.45, 2.75) is 25.1 Å². The highest BCUT2D eigenvalue weighted by Gasteiger charge is 2.27. The SMILES string of the molecule is Cn1ncc(NC(=O)c2nc(-c3c(F)cccc3F)sc2N)c1N1CC[C@H](N)C[C@@H](F)C1. The first-order chi connectivity index (χ1) is 15.2. The minimum Gasteiger partial charge on any atom is -0.389 e. The molecule has 1 aliphatic heterocycles. The predicted molar refractivity (Wildman–Crippen MR) is 117 cm³/mol. The Morgan fingerprint density at radius 2 is 2.03 bits per heavy atom. The van der Waals surface area contributed by atoms with Gasteiger partial charge in [0.05, 0.1) is 18.3 Å². The number of aryl methyl sites for hydroxylation is 1. The minimum absolute atomic E-state index is 0.00941. The number of rotatable bonds is 4. The lowest BCUT2D eigenvalue weighted by Gasteiger charge is -2.24. The van der Waals surface area contributed by atoms with Crippen LogP contribution in [0.1, 0.15) is 23.3 Å². The van der Waals surface area contributed by atoms with Gasteiger partial charge in [0.15, 0.2) is 11.5 Å². The normalized spacial score (nSPS) is 19.1. The van der Waals surface area contributed by atoms with Crippen LogP contribution in [0.25, 0.3) is 10.6 Å². The van der Waals surface area contributed by atoms with Gasteiger partial charge in [0.25, 0.3) is 5.91 Å². The average molecular weight is 466 g/mol. The molecule has 1 fully saturated rings. The van der Waals surface area contributed by atoms with Crippen molar-refractivity contribution in [1.29, 1.82) is 0 Å². The third-order valence-corrected chi connectivity index (χ3v) is 6.15. The molecule has 4 rings (SSSR count). The van der Waals surface area contributed by atoms with E-state index in [4.69, 9.17) is 11.5 Å². The summed E-state index contributed by atoms with van der Waals surface area (Å²) < 4.78 is 44.0. The summed E-state index contributed by atoms with van der Waals surface area (Å²) in [6.45, 7) is 0.616. The van der Waals surface area contributed by atoms with Crippen molar-refractivity contribution < 1.29 is 18.0 Å². The number of carbonyl (C=O) groups excluding carboxylic acids is 1. The van der Waals surface area contributed by atoms with E-state index in [1.807, 2.05) is 0 Å². The molecule has 170 valence electrons. The second-order valence-electron chi connectivity index (χ2n) is 7.62. The first-order valence-electron chi connectivity index (χ1n) is 9.93. The van der Waals surface area contributed by atoms with Crippen molar-refractivity contribution >= 4 is 33.8 Å². The van der Waals surface area contributed by atoms with Crippen LogP contribution >= 0.6 is 11.3 Å². The minimum atomic E-state index is -1.11. The van der Waals surface area contributed by atoms with E-state index in [1.165, 1.54) is 16.9 Å². The molecule has 5 N–H and O–H groups in total. The Morgan fingerprint density at radius 1 is 1.31 bits per heavy atom. The van der Waals surface area contributed by atoms with E-state index < -0.39 is 23.7 Å². The smallest absolute Gasteiger partial charge is 0.277 e. The zero-order valence-electron chi connectivity index (χ0n) is 17.2. The summed E-state index contributed by atoms with van der Waals surface area (Å²) in [5.41, 5.74) is 11.7. The molecule has 1 aromatic carbocycles. The van der Waals surface area contributed by atoms with Crippen LogP contribution in [0, 0.1) is 11.6 Å². The quantitative estimate of drug-likeness (QED) is 0.546. The van der Waals surface area contributed by atoms with Gasteiger partial charge in [-0.3, -0.25) is 9.48 Å². The lowest BCUT2D eigenvalue weighted by molar-refractivity contribution is 0.102. The number of alkyl halides is 1. The number of anilines is 3. The van der Waals surface area contributed by atoms with Gasteiger partial charge in [-0.15, -0.1) is 0 Å². The second kappa shape index (κ2) is 8.79. The lowest BCUT2D eigenvalue weighted by atomic mass is 10.1. The highest BCUT2D eigenvalue weighted by atomic mass is 32.1.